The summed E-state index contributed by atoms with van der Waals surface area (Å²) in [5.41, 5.74) is -1.93. The molecule has 0 bridgehead atoms. The van der Waals surface area contributed by atoms with E-state index in [2.05, 4.69) is 10.6 Å². The number of amides is 1. The maximum absolute atomic E-state index is 12.7. The van der Waals surface area contributed by atoms with E-state index in [9.17, 15) is 33.0 Å². The van der Waals surface area contributed by atoms with Crippen LogP contribution >= 0.6 is 0 Å². The molecule has 1 aromatic heterocycles. The zero-order valence-corrected chi connectivity index (χ0v) is 12.7. The van der Waals surface area contributed by atoms with Crippen LogP contribution in [0.1, 0.15) is 24.4 Å². The third-order valence-electron chi connectivity index (χ3n) is 3.36. The van der Waals surface area contributed by atoms with E-state index in [1.54, 1.807) is 0 Å². The van der Waals surface area contributed by atoms with Crippen molar-refractivity contribution in [3.63, 3.8) is 0 Å². The third-order valence-corrected chi connectivity index (χ3v) is 3.36. The van der Waals surface area contributed by atoms with Crippen molar-refractivity contribution in [1.29, 1.82) is 0 Å². The van der Waals surface area contributed by atoms with Crippen molar-refractivity contribution in [3.8, 4) is 5.75 Å². The highest BCUT2D eigenvalue weighted by Gasteiger charge is 2.42. The summed E-state index contributed by atoms with van der Waals surface area (Å²) in [6.07, 6.45) is -8.04. The number of halogens is 3. The van der Waals surface area contributed by atoms with Crippen molar-refractivity contribution >= 4 is 5.91 Å². The zero-order chi connectivity index (χ0) is 17.9. The topological polar surface area (TPSA) is 104 Å². The fourth-order valence-corrected chi connectivity index (χ4v) is 1.96. The first-order chi connectivity index (χ1) is 10.5. The summed E-state index contributed by atoms with van der Waals surface area (Å²) in [6.45, 7) is 1.42. The zero-order valence-electron chi connectivity index (χ0n) is 12.7. The molecule has 1 aromatic rings. The molecule has 0 saturated heterocycles. The van der Waals surface area contributed by atoms with Crippen LogP contribution in [-0.4, -0.2) is 40.0 Å². The lowest BCUT2D eigenvalue weighted by Crippen LogP contribution is -2.40. The maximum Gasteiger partial charge on any atom is 0.420 e. The molecule has 7 nitrogen and oxygen atoms in total. The van der Waals surface area contributed by atoms with Gasteiger partial charge >= 0.3 is 6.18 Å². The minimum absolute atomic E-state index is 0.0712. The van der Waals surface area contributed by atoms with Gasteiger partial charge in [0.15, 0.2) is 11.9 Å². The number of nitrogens with one attached hydrogen (secondary N) is 2. The molecule has 0 aliphatic carbocycles. The molecular weight excluding hydrogens is 319 g/mol. The second kappa shape index (κ2) is 7.01. The van der Waals surface area contributed by atoms with Crippen LogP contribution in [0.25, 0.3) is 0 Å². The van der Waals surface area contributed by atoms with Gasteiger partial charge in [-0.15, -0.1) is 0 Å². The maximum atomic E-state index is 12.7. The summed E-state index contributed by atoms with van der Waals surface area (Å²) in [4.78, 5) is 23.0. The van der Waals surface area contributed by atoms with Crippen molar-refractivity contribution < 1.29 is 28.2 Å². The summed E-state index contributed by atoms with van der Waals surface area (Å²) >= 11 is 0. The molecule has 10 heteroatoms. The minimum Gasteiger partial charge on any atom is -0.503 e. The fraction of sp³-hybridized carbons (Fsp3) is 0.538. The Kier molecular flexibility index (Phi) is 5.78. The monoisotopic (exact) mass is 337 g/mol. The van der Waals surface area contributed by atoms with Crippen LogP contribution in [0.15, 0.2) is 10.9 Å². The number of nitrogens with zero attached hydrogens (tertiary/aromatic N) is 1. The standard InChI is InChI=1S/C13H18F3N3O4/c1-6(12(23)17-2)18-5-7-4-8(20)10(21)9(19(7)3)11(22)13(14,15)16/h4,6,11,18,21-22H,5H2,1-3H3,(H,17,23). The quantitative estimate of drug-likeness (QED) is 0.601. The molecule has 1 rings (SSSR count). The molecule has 0 aromatic carbocycles. The molecule has 4 N–H and O–H groups in total. The summed E-state index contributed by atoms with van der Waals surface area (Å²) in [6, 6.07) is 0.283. The molecule has 0 saturated carbocycles. The molecule has 130 valence electrons. The normalized spacial score (nSPS) is 14.4. The molecule has 0 spiro atoms. The molecule has 2 unspecified atom stereocenters. The number of aliphatic hydroxyl groups is 1. The Morgan fingerprint density at radius 1 is 1.43 bits per heavy atom. The molecule has 0 radical (unpaired) electrons. The highest BCUT2D eigenvalue weighted by atomic mass is 19.4. The Morgan fingerprint density at radius 3 is 2.48 bits per heavy atom. The van der Waals surface area contributed by atoms with Gasteiger partial charge in [-0.1, -0.05) is 0 Å². The minimum atomic E-state index is -5.04. The highest BCUT2D eigenvalue weighted by molar-refractivity contribution is 5.80. The van der Waals surface area contributed by atoms with Gasteiger partial charge in [0.25, 0.3) is 0 Å². The van der Waals surface area contributed by atoms with Gasteiger partial charge in [0, 0.05) is 32.4 Å². The number of aromatic nitrogens is 1. The largest absolute Gasteiger partial charge is 0.503 e. The summed E-state index contributed by atoms with van der Waals surface area (Å²) in [5, 5.41) is 24.0. The van der Waals surface area contributed by atoms with Gasteiger partial charge in [0.05, 0.1) is 6.04 Å². The van der Waals surface area contributed by atoms with Gasteiger partial charge < -0.3 is 25.4 Å². The Morgan fingerprint density at radius 2 is 2.00 bits per heavy atom. The smallest absolute Gasteiger partial charge is 0.420 e. The second-order valence-corrected chi connectivity index (χ2v) is 4.95. The number of aromatic hydroxyl groups is 1. The van der Waals surface area contributed by atoms with E-state index < -0.39 is 35.2 Å². The van der Waals surface area contributed by atoms with Crippen LogP contribution < -0.4 is 16.1 Å². The van der Waals surface area contributed by atoms with Crippen LogP contribution in [-0.2, 0) is 18.4 Å². The van der Waals surface area contributed by atoms with Gasteiger partial charge in [-0.05, 0) is 6.92 Å². The first-order valence-electron chi connectivity index (χ1n) is 6.62. The van der Waals surface area contributed by atoms with Gasteiger partial charge in [-0.3, -0.25) is 9.59 Å². The lowest BCUT2D eigenvalue weighted by atomic mass is 10.1. The Hall–Kier alpha value is -2.07. The van der Waals surface area contributed by atoms with E-state index in [1.807, 2.05) is 0 Å². The van der Waals surface area contributed by atoms with Gasteiger partial charge in [0.2, 0.25) is 11.3 Å². The molecular formula is C13H18F3N3O4. The summed E-state index contributed by atoms with van der Waals surface area (Å²) < 4.78 is 38.9. The number of rotatable bonds is 5. The fourth-order valence-electron chi connectivity index (χ4n) is 1.96. The van der Waals surface area contributed by atoms with Gasteiger partial charge in [-0.2, -0.15) is 13.2 Å². The average Bonchev–Trinajstić information content (AvgIpc) is 2.47. The number of carbonyl (C=O) groups is 1. The van der Waals surface area contributed by atoms with Crippen LogP contribution in [0.2, 0.25) is 0 Å². The van der Waals surface area contributed by atoms with E-state index in [4.69, 9.17) is 0 Å². The van der Waals surface area contributed by atoms with Crippen molar-refractivity contribution in [2.75, 3.05) is 7.05 Å². The first kappa shape index (κ1) is 19.0. The lowest BCUT2D eigenvalue weighted by molar-refractivity contribution is -0.209. The Balaban J connectivity index is 3.19. The Labute approximate surface area is 129 Å². The number of carbonyl (C=O) groups excluding carboxylic acids is 1. The van der Waals surface area contributed by atoms with E-state index in [-0.39, 0.29) is 18.1 Å². The van der Waals surface area contributed by atoms with Crippen LogP contribution in [0.3, 0.4) is 0 Å². The molecule has 0 aliphatic rings. The van der Waals surface area contributed by atoms with Crippen LogP contribution in [0, 0.1) is 0 Å². The molecule has 0 aliphatic heterocycles. The number of likely N-dealkylation sites (N-methyl/N-ethyl adjacent to an activating group) is 1. The number of pyridine rings is 1. The SMILES string of the molecule is CNC(=O)C(C)NCc1cc(=O)c(O)c(C(O)C(F)(F)F)n1C. The van der Waals surface area contributed by atoms with Crippen molar-refractivity contribution in [3.05, 3.63) is 27.7 Å². The predicted octanol–water partition coefficient (Wildman–Crippen LogP) is -0.0893. The van der Waals surface area contributed by atoms with E-state index in [0.717, 1.165) is 10.6 Å². The highest BCUT2D eigenvalue weighted by Crippen LogP contribution is 2.35. The number of alkyl halides is 3. The molecule has 1 heterocycles. The van der Waals surface area contributed by atoms with Crippen molar-refractivity contribution in [2.24, 2.45) is 7.05 Å². The van der Waals surface area contributed by atoms with Crippen molar-refractivity contribution in [1.82, 2.24) is 15.2 Å². The van der Waals surface area contributed by atoms with Crippen LogP contribution in [0.5, 0.6) is 5.75 Å². The van der Waals surface area contributed by atoms with E-state index in [1.165, 1.54) is 21.0 Å². The predicted molar refractivity (Wildman–Crippen MR) is 74.7 cm³/mol. The summed E-state index contributed by atoms with van der Waals surface area (Å²) in [7, 11) is 2.60. The Bertz CT molecular complexity index is 643. The molecule has 1 amide bonds. The number of aliphatic hydroxyl groups excluding tert-OH is 1. The molecule has 0 fully saturated rings. The lowest BCUT2D eigenvalue weighted by Gasteiger charge is -2.22. The second-order valence-electron chi connectivity index (χ2n) is 4.95. The van der Waals surface area contributed by atoms with Gasteiger partial charge in [0.1, 0.15) is 5.69 Å². The first-order valence-corrected chi connectivity index (χ1v) is 6.62. The average molecular weight is 337 g/mol. The third kappa shape index (κ3) is 4.23. The molecule has 23 heavy (non-hydrogen) atoms. The molecule has 2 atom stereocenters. The van der Waals surface area contributed by atoms with E-state index >= 15 is 0 Å². The van der Waals surface area contributed by atoms with Gasteiger partial charge in [-0.25, -0.2) is 0 Å². The number of hydrogen-bond acceptors (Lipinski definition) is 5. The van der Waals surface area contributed by atoms with E-state index in [0.29, 0.717) is 0 Å². The van der Waals surface area contributed by atoms with Crippen molar-refractivity contribution in [2.45, 2.75) is 31.8 Å². The summed E-state index contributed by atoms with van der Waals surface area (Å²) in [5.74, 6) is -1.51. The van der Waals surface area contributed by atoms with Crippen LogP contribution in [0.4, 0.5) is 13.2 Å². The number of hydrogen-bond donors (Lipinski definition) is 4.